The number of carbonyl (C=O) groups is 1. The third-order valence-electron chi connectivity index (χ3n) is 3.57. The standard InChI is InChI=1S/C13H16N4O4S2/c1-23(19,20)17-7-3-2-5-9(17)11(18)14-13-16-15-12(21-13)10-6-4-8-22-10/h4,6,8-9H,2-3,5,7H2,1H3,(H,14,16,18). The SMILES string of the molecule is CS(=O)(=O)N1CCCCC1C(=O)Nc1nnc(-c2cccs2)o1. The second-order valence-corrected chi connectivity index (χ2v) is 8.15. The second kappa shape index (κ2) is 6.38. The number of aromatic nitrogens is 2. The summed E-state index contributed by atoms with van der Waals surface area (Å²) in [4.78, 5) is 13.2. The Hall–Kier alpha value is -1.78. The van der Waals surface area contributed by atoms with Gasteiger partial charge in [-0.2, -0.15) is 4.31 Å². The normalized spacial score (nSPS) is 19.6. The summed E-state index contributed by atoms with van der Waals surface area (Å²) in [5.74, 6) is -0.129. The van der Waals surface area contributed by atoms with Crippen molar-refractivity contribution in [1.29, 1.82) is 0 Å². The number of anilines is 1. The minimum Gasteiger partial charge on any atom is -0.402 e. The van der Waals surface area contributed by atoms with E-state index in [1.807, 2.05) is 17.5 Å². The highest BCUT2D eigenvalue weighted by Crippen LogP contribution is 2.25. The van der Waals surface area contributed by atoms with Gasteiger partial charge in [0.25, 0.3) is 5.89 Å². The molecule has 0 aromatic carbocycles. The van der Waals surface area contributed by atoms with E-state index in [1.165, 1.54) is 15.6 Å². The zero-order chi connectivity index (χ0) is 16.4. The molecule has 0 radical (unpaired) electrons. The fourth-order valence-electron chi connectivity index (χ4n) is 2.53. The monoisotopic (exact) mass is 356 g/mol. The number of sulfonamides is 1. The molecule has 3 heterocycles. The summed E-state index contributed by atoms with van der Waals surface area (Å²) < 4.78 is 30.2. The van der Waals surface area contributed by atoms with E-state index in [0.29, 0.717) is 18.9 Å². The number of rotatable bonds is 4. The second-order valence-electron chi connectivity index (χ2n) is 5.26. The summed E-state index contributed by atoms with van der Waals surface area (Å²) in [6, 6.07) is 2.92. The van der Waals surface area contributed by atoms with Gasteiger partial charge in [0.2, 0.25) is 15.9 Å². The van der Waals surface area contributed by atoms with Crippen molar-refractivity contribution in [2.45, 2.75) is 25.3 Å². The highest BCUT2D eigenvalue weighted by atomic mass is 32.2. The van der Waals surface area contributed by atoms with E-state index in [-0.39, 0.29) is 6.01 Å². The topological polar surface area (TPSA) is 105 Å². The Balaban J connectivity index is 1.73. The molecule has 10 heteroatoms. The predicted molar refractivity (Wildman–Crippen MR) is 85.4 cm³/mol. The van der Waals surface area contributed by atoms with E-state index in [1.54, 1.807) is 0 Å². The van der Waals surface area contributed by atoms with Crippen LogP contribution in [0.3, 0.4) is 0 Å². The maximum absolute atomic E-state index is 12.4. The van der Waals surface area contributed by atoms with E-state index in [2.05, 4.69) is 15.5 Å². The Morgan fingerprint density at radius 2 is 2.26 bits per heavy atom. The molecular formula is C13H16N4O4S2. The highest BCUT2D eigenvalue weighted by Gasteiger charge is 2.35. The molecule has 2 aromatic heterocycles. The third-order valence-corrected chi connectivity index (χ3v) is 5.72. The van der Waals surface area contributed by atoms with Gasteiger partial charge in [-0.25, -0.2) is 8.42 Å². The van der Waals surface area contributed by atoms with Gasteiger partial charge in [0, 0.05) is 6.54 Å². The first kappa shape index (κ1) is 16.1. The van der Waals surface area contributed by atoms with E-state index >= 15 is 0 Å². The molecule has 8 nitrogen and oxygen atoms in total. The summed E-state index contributed by atoms with van der Waals surface area (Å²) in [7, 11) is -3.44. The lowest BCUT2D eigenvalue weighted by molar-refractivity contribution is -0.120. The highest BCUT2D eigenvalue weighted by molar-refractivity contribution is 7.88. The van der Waals surface area contributed by atoms with Crippen LogP contribution in [0.1, 0.15) is 19.3 Å². The summed E-state index contributed by atoms with van der Waals surface area (Å²) >= 11 is 1.44. The summed E-state index contributed by atoms with van der Waals surface area (Å²) in [6.07, 6.45) is 3.14. The first-order valence-electron chi connectivity index (χ1n) is 7.10. The van der Waals surface area contributed by atoms with Crippen LogP contribution in [0.4, 0.5) is 6.01 Å². The fraction of sp³-hybridized carbons (Fsp3) is 0.462. The molecule has 1 saturated heterocycles. The zero-order valence-corrected chi connectivity index (χ0v) is 14.1. The Labute approximate surface area is 137 Å². The van der Waals surface area contributed by atoms with Gasteiger partial charge in [0.05, 0.1) is 11.1 Å². The van der Waals surface area contributed by atoms with Gasteiger partial charge in [0.15, 0.2) is 0 Å². The largest absolute Gasteiger partial charge is 0.402 e. The molecule has 3 rings (SSSR count). The number of thiophene rings is 1. The van der Waals surface area contributed by atoms with Crippen molar-refractivity contribution in [3.05, 3.63) is 17.5 Å². The van der Waals surface area contributed by atoms with Crippen LogP contribution >= 0.6 is 11.3 Å². The molecule has 1 atom stereocenters. The van der Waals surface area contributed by atoms with E-state index in [9.17, 15) is 13.2 Å². The number of nitrogens with zero attached hydrogens (tertiary/aromatic N) is 3. The van der Waals surface area contributed by atoms with Crippen LogP contribution in [-0.4, -0.2) is 47.7 Å². The van der Waals surface area contributed by atoms with Crippen molar-refractivity contribution >= 4 is 33.3 Å². The molecule has 1 amide bonds. The van der Waals surface area contributed by atoms with Gasteiger partial charge in [-0.05, 0) is 24.3 Å². The molecule has 1 fully saturated rings. The van der Waals surface area contributed by atoms with E-state index in [4.69, 9.17) is 4.42 Å². The first-order chi connectivity index (χ1) is 10.9. The molecule has 1 aliphatic heterocycles. The fourth-order valence-corrected chi connectivity index (χ4v) is 4.29. The maximum Gasteiger partial charge on any atom is 0.322 e. The van der Waals surface area contributed by atoms with Gasteiger partial charge in [0.1, 0.15) is 6.04 Å². The quantitative estimate of drug-likeness (QED) is 0.891. The van der Waals surface area contributed by atoms with Crippen molar-refractivity contribution in [2.75, 3.05) is 18.1 Å². The Kier molecular flexibility index (Phi) is 4.46. The van der Waals surface area contributed by atoms with Gasteiger partial charge in [-0.3, -0.25) is 10.1 Å². The van der Waals surface area contributed by atoms with Crippen LogP contribution < -0.4 is 5.32 Å². The van der Waals surface area contributed by atoms with Crippen LogP contribution in [0.5, 0.6) is 0 Å². The van der Waals surface area contributed by atoms with Crippen LogP contribution in [0.2, 0.25) is 0 Å². The summed E-state index contributed by atoms with van der Waals surface area (Å²) in [6.45, 7) is 0.348. The van der Waals surface area contributed by atoms with Crippen LogP contribution in [0.25, 0.3) is 10.8 Å². The summed E-state index contributed by atoms with van der Waals surface area (Å²) in [5.41, 5.74) is 0. The molecule has 1 aliphatic rings. The number of hydrogen-bond acceptors (Lipinski definition) is 7. The molecule has 0 spiro atoms. The molecule has 0 bridgehead atoms. The van der Waals surface area contributed by atoms with Crippen molar-refractivity contribution in [3.8, 4) is 10.8 Å². The van der Waals surface area contributed by atoms with E-state index < -0.39 is 22.0 Å². The van der Waals surface area contributed by atoms with Crippen LogP contribution in [0, 0.1) is 0 Å². The van der Waals surface area contributed by atoms with Gasteiger partial charge < -0.3 is 4.42 Å². The molecule has 124 valence electrons. The van der Waals surface area contributed by atoms with Crippen molar-refractivity contribution in [2.24, 2.45) is 0 Å². The van der Waals surface area contributed by atoms with Gasteiger partial charge in [-0.1, -0.05) is 17.6 Å². The number of piperidine rings is 1. The Bertz CT molecular complexity index is 785. The van der Waals surface area contributed by atoms with Crippen molar-refractivity contribution in [1.82, 2.24) is 14.5 Å². The third kappa shape index (κ3) is 3.59. The first-order valence-corrected chi connectivity index (χ1v) is 9.83. The number of carbonyl (C=O) groups excluding carboxylic acids is 1. The Morgan fingerprint density at radius 3 is 2.96 bits per heavy atom. The summed E-state index contributed by atoms with van der Waals surface area (Å²) in [5, 5.41) is 12.1. The minimum absolute atomic E-state index is 0.0302. The van der Waals surface area contributed by atoms with Crippen molar-refractivity contribution in [3.63, 3.8) is 0 Å². The zero-order valence-electron chi connectivity index (χ0n) is 12.4. The number of hydrogen-bond donors (Lipinski definition) is 1. The average molecular weight is 356 g/mol. The molecule has 23 heavy (non-hydrogen) atoms. The molecular weight excluding hydrogens is 340 g/mol. The van der Waals surface area contributed by atoms with Crippen LogP contribution in [0.15, 0.2) is 21.9 Å². The Morgan fingerprint density at radius 1 is 1.43 bits per heavy atom. The molecule has 1 N–H and O–H groups in total. The smallest absolute Gasteiger partial charge is 0.322 e. The average Bonchev–Trinajstić information content (AvgIpc) is 3.17. The lowest BCUT2D eigenvalue weighted by Crippen LogP contribution is -2.49. The molecule has 0 saturated carbocycles. The lowest BCUT2D eigenvalue weighted by Gasteiger charge is -2.32. The minimum atomic E-state index is -3.44. The molecule has 1 unspecified atom stereocenters. The molecule has 0 aliphatic carbocycles. The van der Waals surface area contributed by atoms with Crippen molar-refractivity contribution < 1.29 is 17.6 Å². The maximum atomic E-state index is 12.4. The van der Waals surface area contributed by atoms with E-state index in [0.717, 1.165) is 24.0 Å². The van der Waals surface area contributed by atoms with Crippen LogP contribution in [-0.2, 0) is 14.8 Å². The number of nitrogens with one attached hydrogen (secondary N) is 1. The lowest BCUT2D eigenvalue weighted by atomic mass is 10.0. The number of amides is 1. The van der Waals surface area contributed by atoms with Gasteiger partial charge >= 0.3 is 6.01 Å². The molecule has 2 aromatic rings. The predicted octanol–water partition coefficient (Wildman–Crippen LogP) is 1.55. The van der Waals surface area contributed by atoms with Gasteiger partial charge in [-0.15, -0.1) is 16.4 Å².